The summed E-state index contributed by atoms with van der Waals surface area (Å²) < 4.78 is 57.6. The number of carbonyl (C=O) groups is 3. The smallest absolute Gasteiger partial charge is 0.389 e. The van der Waals surface area contributed by atoms with E-state index in [0.29, 0.717) is 41.3 Å². The molecule has 0 saturated carbocycles. The molecule has 0 aromatic heterocycles. The van der Waals surface area contributed by atoms with Gasteiger partial charge in [0.05, 0.1) is 30.9 Å². The SMILES string of the molecule is Nc1cc(N)cc(C(=O)OCCCCOC(=O)/C=C/c2ccc(OC(=O)c3ccc(OCCCCC(F)(F)F)cc3)cc2)c1. The molecular formula is C32H33F3N2O7. The first kappa shape index (κ1) is 33.5. The predicted molar refractivity (Wildman–Crippen MR) is 158 cm³/mol. The van der Waals surface area contributed by atoms with Gasteiger partial charge in [-0.2, -0.15) is 13.2 Å². The van der Waals surface area contributed by atoms with Crippen LogP contribution in [0, 0.1) is 0 Å². The van der Waals surface area contributed by atoms with Crippen molar-refractivity contribution in [3.63, 3.8) is 0 Å². The van der Waals surface area contributed by atoms with Crippen molar-refractivity contribution in [1.82, 2.24) is 0 Å². The van der Waals surface area contributed by atoms with E-state index in [1.165, 1.54) is 36.4 Å². The van der Waals surface area contributed by atoms with Crippen LogP contribution in [0.1, 0.15) is 58.4 Å². The van der Waals surface area contributed by atoms with Crippen molar-refractivity contribution < 1.29 is 46.5 Å². The van der Waals surface area contributed by atoms with Crippen LogP contribution in [0.15, 0.2) is 72.8 Å². The number of nitrogen functional groups attached to an aromatic ring is 2. The van der Waals surface area contributed by atoms with E-state index in [1.54, 1.807) is 42.5 Å². The molecule has 0 heterocycles. The van der Waals surface area contributed by atoms with Gasteiger partial charge in [0.15, 0.2) is 0 Å². The molecule has 3 aromatic carbocycles. The Bertz CT molecular complexity index is 1400. The van der Waals surface area contributed by atoms with Gasteiger partial charge in [0, 0.05) is 23.9 Å². The van der Waals surface area contributed by atoms with Crippen molar-refractivity contribution in [3.8, 4) is 11.5 Å². The first-order valence-corrected chi connectivity index (χ1v) is 13.8. The zero-order valence-corrected chi connectivity index (χ0v) is 23.8. The molecule has 0 aliphatic heterocycles. The quantitative estimate of drug-likeness (QED) is 0.0656. The molecule has 0 saturated heterocycles. The van der Waals surface area contributed by atoms with Crippen molar-refractivity contribution >= 4 is 35.4 Å². The maximum absolute atomic E-state index is 12.4. The van der Waals surface area contributed by atoms with Crippen molar-refractivity contribution in [1.29, 1.82) is 0 Å². The number of halogens is 3. The number of rotatable bonds is 15. The zero-order chi connectivity index (χ0) is 32.0. The molecule has 4 N–H and O–H groups in total. The Kier molecular flexibility index (Phi) is 12.6. The molecule has 44 heavy (non-hydrogen) atoms. The summed E-state index contributed by atoms with van der Waals surface area (Å²) in [7, 11) is 0. The van der Waals surface area contributed by atoms with Crippen LogP contribution in [0.5, 0.6) is 11.5 Å². The maximum atomic E-state index is 12.4. The first-order chi connectivity index (χ1) is 21.0. The maximum Gasteiger partial charge on any atom is 0.389 e. The van der Waals surface area contributed by atoms with Crippen LogP contribution in [0.2, 0.25) is 0 Å². The Balaban J connectivity index is 1.31. The molecule has 0 atom stereocenters. The lowest BCUT2D eigenvalue weighted by Crippen LogP contribution is -2.09. The molecule has 0 spiro atoms. The van der Waals surface area contributed by atoms with E-state index < -0.39 is 30.5 Å². The molecule has 12 heteroatoms. The topological polar surface area (TPSA) is 140 Å². The summed E-state index contributed by atoms with van der Waals surface area (Å²) in [5.41, 5.74) is 13.3. The Morgan fingerprint density at radius 2 is 1.27 bits per heavy atom. The first-order valence-electron chi connectivity index (χ1n) is 13.8. The molecule has 234 valence electrons. The Hall–Kier alpha value is -5.00. The number of esters is 3. The van der Waals surface area contributed by atoms with E-state index in [9.17, 15) is 27.6 Å². The van der Waals surface area contributed by atoms with Gasteiger partial charge < -0.3 is 30.4 Å². The van der Waals surface area contributed by atoms with Crippen molar-refractivity contribution in [2.75, 3.05) is 31.3 Å². The number of hydrogen-bond acceptors (Lipinski definition) is 9. The second-order valence-corrected chi connectivity index (χ2v) is 9.64. The number of unbranched alkanes of at least 4 members (excludes halogenated alkanes) is 2. The highest BCUT2D eigenvalue weighted by Gasteiger charge is 2.25. The number of carbonyl (C=O) groups excluding carboxylic acids is 3. The van der Waals surface area contributed by atoms with Gasteiger partial charge in [-0.3, -0.25) is 0 Å². The van der Waals surface area contributed by atoms with Gasteiger partial charge in [-0.1, -0.05) is 12.1 Å². The number of ether oxygens (including phenoxy) is 4. The summed E-state index contributed by atoms with van der Waals surface area (Å²) in [5, 5.41) is 0. The molecule has 0 bridgehead atoms. The normalized spacial score (nSPS) is 11.2. The third-order valence-corrected chi connectivity index (χ3v) is 5.95. The van der Waals surface area contributed by atoms with Gasteiger partial charge in [0.2, 0.25) is 0 Å². The van der Waals surface area contributed by atoms with Crippen molar-refractivity contribution in [2.24, 2.45) is 0 Å². The van der Waals surface area contributed by atoms with Gasteiger partial charge in [-0.15, -0.1) is 0 Å². The Morgan fingerprint density at radius 3 is 1.91 bits per heavy atom. The third-order valence-electron chi connectivity index (χ3n) is 5.95. The molecule has 0 aliphatic rings. The molecule has 0 amide bonds. The average molecular weight is 615 g/mol. The fourth-order valence-corrected chi connectivity index (χ4v) is 3.75. The highest BCUT2D eigenvalue weighted by Crippen LogP contribution is 2.23. The summed E-state index contributed by atoms with van der Waals surface area (Å²) in [5.74, 6) is -0.950. The Labute approximate surface area is 252 Å². The molecule has 0 aliphatic carbocycles. The molecule has 9 nitrogen and oxygen atoms in total. The number of anilines is 2. The lowest BCUT2D eigenvalue weighted by Gasteiger charge is -2.09. The van der Waals surface area contributed by atoms with E-state index in [4.69, 9.17) is 30.4 Å². The minimum absolute atomic E-state index is 0.0156. The van der Waals surface area contributed by atoms with E-state index in [0.717, 1.165) is 0 Å². The number of alkyl halides is 3. The van der Waals surface area contributed by atoms with E-state index in [-0.39, 0.29) is 43.8 Å². The second kappa shape index (κ2) is 16.6. The van der Waals surface area contributed by atoms with Crippen LogP contribution in [-0.2, 0) is 14.3 Å². The molecule has 3 rings (SSSR count). The van der Waals surface area contributed by atoms with Crippen LogP contribution < -0.4 is 20.9 Å². The van der Waals surface area contributed by atoms with Crippen LogP contribution in [0.25, 0.3) is 6.08 Å². The lowest BCUT2D eigenvalue weighted by molar-refractivity contribution is -0.138. The minimum atomic E-state index is -4.17. The standard InChI is InChI=1S/C32H33F3N2O7/c33-32(34,35)15-1-2-16-41-27-12-8-23(9-13-27)31(40)44-28-10-5-22(6-11-28)7-14-29(38)42-17-3-4-18-43-30(39)24-19-25(36)21-26(37)20-24/h5-14,19-21H,1-4,15-18,36-37H2/b14-7+. The summed E-state index contributed by atoms with van der Waals surface area (Å²) in [4.78, 5) is 36.5. The third kappa shape index (κ3) is 12.5. The summed E-state index contributed by atoms with van der Waals surface area (Å²) in [6.45, 7) is 0.435. The molecule has 0 unspecified atom stereocenters. The van der Waals surface area contributed by atoms with Gasteiger partial charge in [0.25, 0.3) is 0 Å². The van der Waals surface area contributed by atoms with Crippen molar-refractivity contribution in [3.05, 3.63) is 89.5 Å². The number of hydrogen-bond donors (Lipinski definition) is 2. The summed E-state index contributed by atoms with van der Waals surface area (Å²) in [6, 6.07) is 17.0. The van der Waals surface area contributed by atoms with Crippen LogP contribution in [-0.4, -0.2) is 43.9 Å². The Morgan fingerprint density at radius 1 is 0.682 bits per heavy atom. The predicted octanol–water partition coefficient (Wildman–Crippen LogP) is 6.38. The summed E-state index contributed by atoms with van der Waals surface area (Å²) >= 11 is 0. The van der Waals surface area contributed by atoms with E-state index >= 15 is 0 Å². The number of benzene rings is 3. The van der Waals surface area contributed by atoms with E-state index in [2.05, 4.69) is 0 Å². The summed E-state index contributed by atoms with van der Waals surface area (Å²) in [6.07, 6.45) is -0.969. The number of nitrogens with two attached hydrogens (primary N) is 2. The highest BCUT2D eigenvalue weighted by molar-refractivity contribution is 5.92. The lowest BCUT2D eigenvalue weighted by atomic mass is 10.2. The van der Waals surface area contributed by atoms with Gasteiger partial charge in [-0.05, 0) is 91.9 Å². The largest absolute Gasteiger partial charge is 0.494 e. The average Bonchev–Trinajstić information content (AvgIpc) is 2.97. The molecule has 0 radical (unpaired) electrons. The monoisotopic (exact) mass is 614 g/mol. The second-order valence-electron chi connectivity index (χ2n) is 9.64. The van der Waals surface area contributed by atoms with Gasteiger partial charge in [-0.25, -0.2) is 14.4 Å². The fraction of sp³-hybridized carbons (Fsp3) is 0.281. The van der Waals surface area contributed by atoms with Gasteiger partial charge in [0.1, 0.15) is 11.5 Å². The fourth-order valence-electron chi connectivity index (χ4n) is 3.75. The molecule has 3 aromatic rings. The van der Waals surface area contributed by atoms with Crippen molar-refractivity contribution in [2.45, 2.75) is 38.3 Å². The minimum Gasteiger partial charge on any atom is -0.494 e. The zero-order valence-electron chi connectivity index (χ0n) is 23.8. The van der Waals surface area contributed by atoms with Crippen LogP contribution in [0.4, 0.5) is 24.5 Å². The van der Waals surface area contributed by atoms with Gasteiger partial charge >= 0.3 is 24.1 Å². The van der Waals surface area contributed by atoms with E-state index in [1.807, 2.05) is 0 Å². The van der Waals surface area contributed by atoms with Crippen LogP contribution in [0.3, 0.4) is 0 Å². The molecule has 0 fully saturated rings. The molecular weight excluding hydrogens is 581 g/mol. The van der Waals surface area contributed by atoms with Crippen LogP contribution >= 0.6 is 0 Å². The highest BCUT2D eigenvalue weighted by atomic mass is 19.4.